The minimum absolute atomic E-state index is 0.00847. The first-order valence-corrected chi connectivity index (χ1v) is 11.3. The monoisotopic (exact) mass is 464 g/mol. The Morgan fingerprint density at radius 3 is 2.66 bits per heavy atom. The number of benzene rings is 1. The number of carbonyl (C=O) groups excluding carboxylic acids is 1. The molecule has 4 heterocycles. The lowest BCUT2D eigenvalue weighted by Gasteiger charge is -2.26. The van der Waals surface area contributed by atoms with Gasteiger partial charge in [0.1, 0.15) is 17.2 Å². The smallest absolute Gasteiger partial charge is 0.254 e. The number of hydrogen-bond acceptors (Lipinski definition) is 5. The Morgan fingerprint density at radius 1 is 1.11 bits per heavy atom. The van der Waals surface area contributed by atoms with Gasteiger partial charge in [0.2, 0.25) is 0 Å². The number of aromatic amines is 1. The maximum absolute atomic E-state index is 12.6. The number of imidazole rings is 1. The summed E-state index contributed by atoms with van der Waals surface area (Å²) in [5, 5.41) is 9.40. The first kappa shape index (κ1) is 22.3. The highest BCUT2D eigenvalue weighted by Gasteiger charge is 2.18. The molecule has 2 N–H and O–H groups in total. The first-order chi connectivity index (χ1) is 17.1. The van der Waals surface area contributed by atoms with E-state index in [-0.39, 0.29) is 5.91 Å². The van der Waals surface area contributed by atoms with Gasteiger partial charge in [-0.3, -0.25) is 4.79 Å². The molecule has 0 radical (unpaired) electrons. The van der Waals surface area contributed by atoms with Crippen molar-refractivity contribution in [2.45, 2.75) is 0 Å². The number of nitrogens with zero attached hydrogens (tertiary/aromatic N) is 4. The van der Waals surface area contributed by atoms with Crippen LogP contribution in [0.25, 0.3) is 17.1 Å². The van der Waals surface area contributed by atoms with Crippen LogP contribution in [0.1, 0.15) is 33.1 Å². The van der Waals surface area contributed by atoms with Crippen LogP contribution in [0.5, 0.6) is 0 Å². The van der Waals surface area contributed by atoms with Crippen molar-refractivity contribution in [1.29, 1.82) is 5.41 Å². The maximum atomic E-state index is 12.6. The number of amides is 1. The number of aryl methyl sites for hydroxylation is 1. The zero-order valence-electron chi connectivity index (χ0n) is 19.3. The number of allylic oxidation sites excluding steroid dienone is 1. The van der Waals surface area contributed by atoms with Gasteiger partial charge in [-0.2, -0.15) is 0 Å². The van der Waals surface area contributed by atoms with E-state index < -0.39 is 0 Å². The summed E-state index contributed by atoms with van der Waals surface area (Å²) in [5.74, 6) is 6.86. The van der Waals surface area contributed by atoms with Crippen LogP contribution in [0.4, 0.5) is 0 Å². The van der Waals surface area contributed by atoms with Gasteiger partial charge in [-0.1, -0.05) is 12.1 Å². The van der Waals surface area contributed by atoms with Crippen molar-refractivity contribution in [3.63, 3.8) is 0 Å². The van der Waals surface area contributed by atoms with E-state index in [1.807, 2.05) is 29.8 Å². The summed E-state index contributed by atoms with van der Waals surface area (Å²) >= 11 is 0. The van der Waals surface area contributed by atoms with Crippen molar-refractivity contribution in [1.82, 2.24) is 24.4 Å². The van der Waals surface area contributed by atoms with Crippen molar-refractivity contribution in [3.05, 3.63) is 89.3 Å². The van der Waals surface area contributed by atoms with Gasteiger partial charge in [0.05, 0.1) is 30.8 Å². The van der Waals surface area contributed by atoms with Gasteiger partial charge < -0.3 is 24.6 Å². The Morgan fingerprint density at radius 2 is 1.89 bits per heavy atom. The van der Waals surface area contributed by atoms with Crippen LogP contribution in [-0.4, -0.2) is 62.3 Å². The number of carbonyl (C=O) groups is 1. The molecule has 3 aromatic heterocycles. The predicted molar refractivity (Wildman–Crippen MR) is 134 cm³/mol. The van der Waals surface area contributed by atoms with Crippen LogP contribution in [-0.2, 0) is 11.8 Å². The Labute approximate surface area is 202 Å². The van der Waals surface area contributed by atoms with Crippen LogP contribution in [0.15, 0.2) is 60.9 Å². The summed E-state index contributed by atoms with van der Waals surface area (Å²) in [6.07, 6.45) is 6.85. The van der Waals surface area contributed by atoms with Gasteiger partial charge in [-0.15, -0.1) is 0 Å². The second-order valence-electron chi connectivity index (χ2n) is 8.17. The van der Waals surface area contributed by atoms with E-state index in [1.165, 1.54) is 0 Å². The highest BCUT2D eigenvalue weighted by atomic mass is 16.5. The molecule has 1 fully saturated rings. The maximum Gasteiger partial charge on any atom is 0.254 e. The van der Waals surface area contributed by atoms with E-state index in [1.54, 1.807) is 53.7 Å². The van der Waals surface area contributed by atoms with Gasteiger partial charge in [-0.05, 0) is 59.9 Å². The molecule has 174 valence electrons. The molecule has 0 atom stereocenters. The van der Waals surface area contributed by atoms with E-state index in [2.05, 4.69) is 26.8 Å². The topological polar surface area (TPSA) is 99.9 Å². The Bertz CT molecular complexity index is 1480. The number of morpholine rings is 1. The number of ether oxygens (including phenoxy) is 1. The number of rotatable bonds is 4. The molecule has 0 unspecified atom stereocenters. The molecule has 1 aromatic carbocycles. The van der Waals surface area contributed by atoms with Crippen molar-refractivity contribution >= 4 is 28.7 Å². The van der Waals surface area contributed by atoms with Crippen LogP contribution < -0.4 is 0 Å². The average molecular weight is 465 g/mol. The largest absolute Gasteiger partial charge is 0.378 e. The summed E-state index contributed by atoms with van der Waals surface area (Å²) in [6.45, 7) is 2.35. The van der Waals surface area contributed by atoms with E-state index in [9.17, 15) is 4.79 Å². The number of nitrogens with one attached hydrogen (secondary N) is 2. The highest BCUT2D eigenvalue weighted by Crippen LogP contribution is 2.15. The first-order valence-electron chi connectivity index (χ1n) is 11.3. The second kappa shape index (κ2) is 9.79. The summed E-state index contributed by atoms with van der Waals surface area (Å²) in [5.41, 5.74) is 4.09. The number of aromatic nitrogens is 4. The molecule has 8 heteroatoms. The molecule has 0 bridgehead atoms. The zero-order valence-corrected chi connectivity index (χ0v) is 19.3. The minimum Gasteiger partial charge on any atom is -0.378 e. The van der Waals surface area contributed by atoms with Crippen molar-refractivity contribution < 1.29 is 9.53 Å². The fourth-order valence-corrected chi connectivity index (χ4v) is 3.90. The normalized spacial score (nSPS) is 13.7. The summed E-state index contributed by atoms with van der Waals surface area (Å²) in [6, 6.07) is 13.0. The fraction of sp³-hybridized carbons (Fsp3) is 0.185. The van der Waals surface area contributed by atoms with Crippen molar-refractivity contribution in [2.24, 2.45) is 7.05 Å². The van der Waals surface area contributed by atoms with Gasteiger partial charge >= 0.3 is 0 Å². The third-order valence-corrected chi connectivity index (χ3v) is 5.86. The average Bonchev–Trinajstić information content (AvgIpc) is 3.50. The van der Waals surface area contributed by atoms with Crippen LogP contribution >= 0.6 is 0 Å². The molecule has 0 spiro atoms. The molecule has 1 aliphatic heterocycles. The molecular formula is C27H24N6O2. The summed E-state index contributed by atoms with van der Waals surface area (Å²) in [4.78, 5) is 26.2. The van der Waals surface area contributed by atoms with E-state index in [4.69, 9.17) is 10.1 Å². The lowest BCUT2D eigenvalue weighted by molar-refractivity contribution is 0.0303. The molecule has 1 saturated heterocycles. The summed E-state index contributed by atoms with van der Waals surface area (Å²) < 4.78 is 7.26. The van der Waals surface area contributed by atoms with Crippen LogP contribution in [0, 0.1) is 17.3 Å². The quantitative estimate of drug-likeness (QED) is 0.358. The number of H-pyrrole nitrogens is 1. The molecule has 8 nitrogen and oxygen atoms in total. The molecule has 35 heavy (non-hydrogen) atoms. The molecular weight excluding hydrogens is 440 g/mol. The van der Waals surface area contributed by atoms with Crippen molar-refractivity contribution in [3.8, 4) is 11.8 Å². The Hall–Kier alpha value is -4.48. The highest BCUT2D eigenvalue weighted by molar-refractivity contribution is 6.09. The molecule has 0 aliphatic carbocycles. The Kier molecular flexibility index (Phi) is 6.24. The van der Waals surface area contributed by atoms with E-state index in [0.29, 0.717) is 49.1 Å². The Balaban J connectivity index is 1.23. The van der Waals surface area contributed by atoms with Gasteiger partial charge in [0, 0.05) is 37.3 Å². The summed E-state index contributed by atoms with van der Waals surface area (Å²) in [7, 11) is 1.94. The molecule has 0 saturated carbocycles. The van der Waals surface area contributed by atoms with E-state index >= 15 is 0 Å². The van der Waals surface area contributed by atoms with E-state index in [0.717, 1.165) is 22.3 Å². The van der Waals surface area contributed by atoms with Gasteiger partial charge in [0.15, 0.2) is 0 Å². The fourth-order valence-electron chi connectivity index (χ4n) is 3.90. The van der Waals surface area contributed by atoms with Gasteiger partial charge in [-0.25, -0.2) is 9.97 Å². The molecule has 4 aromatic rings. The van der Waals surface area contributed by atoms with Crippen LogP contribution in [0.2, 0.25) is 0 Å². The number of hydrogen-bond donors (Lipinski definition) is 2. The number of fused-ring (bicyclic) bond motifs is 1. The lowest BCUT2D eigenvalue weighted by Crippen LogP contribution is -2.40. The third kappa shape index (κ3) is 4.90. The predicted octanol–water partition coefficient (Wildman–Crippen LogP) is 3.25. The minimum atomic E-state index is -0.00847. The molecule has 5 rings (SSSR count). The standard InChI is InChI=1S/C27H24N6O2/c1-32-23(17-21-3-2-12-29-26(21)32)9-8-22-18-30-25(31-22)11-10-24(28)19-4-6-20(7-5-19)27(34)33-13-15-35-16-14-33/h2-7,10-12,17-18,28H,13-16H2,1H3,(H,30,31)/b11-10-,28-24?. The van der Waals surface area contributed by atoms with Crippen molar-refractivity contribution in [2.75, 3.05) is 26.3 Å². The zero-order chi connectivity index (χ0) is 24.2. The molecule has 1 aliphatic rings. The van der Waals surface area contributed by atoms with Crippen LogP contribution in [0.3, 0.4) is 0 Å². The lowest BCUT2D eigenvalue weighted by atomic mass is 10.1. The third-order valence-electron chi connectivity index (χ3n) is 5.86. The van der Waals surface area contributed by atoms with Gasteiger partial charge in [0.25, 0.3) is 5.91 Å². The number of pyridine rings is 1. The second-order valence-corrected chi connectivity index (χ2v) is 8.17. The molecule has 1 amide bonds. The SMILES string of the molecule is Cn1c(C#Cc2cnc(/C=C\C(=N)c3ccc(C(=O)N4CCOCC4)cc3)[nH]2)cc2cccnc21.